The lowest BCUT2D eigenvalue weighted by Gasteiger charge is -2.11. The summed E-state index contributed by atoms with van der Waals surface area (Å²) in [5.41, 5.74) is 2.95. The van der Waals surface area contributed by atoms with E-state index in [0.717, 1.165) is 11.3 Å². The van der Waals surface area contributed by atoms with Gasteiger partial charge in [0.15, 0.2) is 0 Å². The number of carbonyl (C=O) groups excluding carboxylic acids is 1. The number of pyridine rings is 1. The van der Waals surface area contributed by atoms with E-state index in [0.29, 0.717) is 28.6 Å². The number of ether oxygens (including phenoxy) is 1. The van der Waals surface area contributed by atoms with Crippen molar-refractivity contribution in [3.8, 4) is 5.75 Å². The number of anilines is 2. The second-order valence-electron chi connectivity index (χ2n) is 5.60. The number of nitrogens with zero attached hydrogens (tertiary/aromatic N) is 1. The molecule has 0 aliphatic rings. The normalized spacial score (nSPS) is 10.2. The van der Waals surface area contributed by atoms with E-state index in [2.05, 4.69) is 15.6 Å². The molecule has 5 nitrogen and oxygen atoms in total. The molecule has 0 bridgehead atoms. The molecule has 0 atom stereocenters. The van der Waals surface area contributed by atoms with Crippen molar-refractivity contribution in [2.75, 3.05) is 12.4 Å². The minimum atomic E-state index is -0.198. The Hall–Kier alpha value is -3.05. The fourth-order valence-corrected chi connectivity index (χ4v) is 2.55. The Balaban J connectivity index is 1.68. The van der Waals surface area contributed by atoms with Crippen LogP contribution in [0.3, 0.4) is 0 Å². The molecule has 0 spiro atoms. The van der Waals surface area contributed by atoms with Crippen LogP contribution < -0.4 is 15.4 Å². The first-order valence-corrected chi connectivity index (χ1v) is 8.41. The molecule has 1 heterocycles. The Bertz CT molecular complexity index is 898. The average Bonchev–Trinajstić information content (AvgIpc) is 2.68. The third-order valence-electron chi connectivity index (χ3n) is 3.75. The molecule has 132 valence electrons. The maximum atomic E-state index is 12.4. The summed E-state index contributed by atoms with van der Waals surface area (Å²) < 4.78 is 5.32. The van der Waals surface area contributed by atoms with E-state index >= 15 is 0 Å². The molecule has 3 rings (SSSR count). The van der Waals surface area contributed by atoms with Gasteiger partial charge >= 0.3 is 0 Å². The van der Waals surface area contributed by atoms with Gasteiger partial charge in [0.1, 0.15) is 5.75 Å². The monoisotopic (exact) mass is 367 g/mol. The van der Waals surface area contributed by atoms with Gasteiger partial charge in [0.05, 0.1) is 30.2 Å². The minimum Gasteiger partial charge on any atom is -0.495 e. The van der Waals surface area contributed by atoms with E-state index < -0.39 is 0 Å². The van der Waals surface area contributed by atoms with E-state index in [4.69, 9.17) is 16.3 Å². The Morgan fingerprint density at radius 3 is 2.65 bits per heavy atom. The summed E-state index contributed by atoms with van der Waals surface area (Å²) in [6.07, 6.45) is 3.19. The zero-order valence-corrected chi connectivity index (χ0v) is 15.0. The largest absolute Gasteiger partial charge is 0.495 e. The smallest absolute Gasteiger partial charge is 0.253 e. The van der Waals surface area contributed by atoms with E-state index in [1.165, 1.54) is 6.20 Å². The summed E-state index contributed by atoms with van der Waals surface area (Å²) in [5, 5.41) is 6.76. The van der Waals surface area contributed by atoms with Gasteiger partial charge in [0.2, 0.25) is 0 Å². The van der Waals surface area contributed by atoms with E-state index in [1.54, 1.807) is 31.5 Å². The second kappa shape index (κ2) is 8.36. The average molecular weight is 368 g/mol. The van der Waals surface area contributed by atoms with Crippen LogP contribution in [0, 0.1) is 0 Å². The summed E-state index contributed by atoms with van der Waals surface area (Å²) in [6.45, 7) is 0.417. The highest BCUT2D eigenvalue weighted by Crippen LogP contribution is 2.26. The summed E-state index contributed by atoms with van der Waals surface area (Å²) in [6, 6.07) is 16.6. The topological polar surface area (TPSA) is 63.2 Å². The number of nitrogens with one attached hydrogen (secondary N) is 2. The molecule has 0 saturated heterocycles. The number of para-hydroxylation sites is 2. The summed E-state index contributed by atoms with van der Waals surface area (Å²) in [5.74, 6) is 0.515. The van der Waals surface area contributed by atoms with Crippen molar-refractivity contribution in [3.63, 3.8) is 0 Å². The van der Waals surface area contributed by atoms with Gasteiger partial charge in [-0.15, -0.1) is 0 Å². The number of benzene rings is 2. The molecular weight excluding hydrogens is 350 g/mol. The Kier molecular flexibility index (Phi) is 5.71. The first-order valence-electron chi connectivity index (χ1n) is 8.03. The lowest BCUT2D eigenvalue weighted by Crippen LogP contribution is -2.23. The second-order valence-corrected chi connectivity index (χ2v) is 6.03. The van der Waals surface area contributed by atoms with Crippen molar-refractivity contribution in [2.45, 2.75) is 6.54 Å². The molecular formula is C20H18ClN3O2. The maximum Gasteiger partial charge on any atom is 0.253 e. The highest BCUT2D eigenvalue weighted by atomic mass is 35.5. The predicted molar refractivity (Wildman–Crippen MR) is 103 cm³/mol. The van der Waals surface area contributed by atoms with Gasteiger partial charge in [-0.2, -0.15) is 0 Å². The highest BCUT2D eigenvalue weighted by Gasteiger charge is 2.08. The van der Waals surface area contributed by atoms with Crippen LogP contribution in [-0.4, -0.2) is 18.0 Å². The molecule has 0 aliphatic heterocycles. The third kappa shape index (κ3) is 4.52. The zero-order chi connectivity index (χ0) is 18.4. The van der Waals surface area contributed by atoms with Crippen molar-refractivity contribution in [1.29, 1.82) is 0 Å². The molecule has 0 aliphatic carbocycles. The maximum absolute atomic E-state index is 12.4. The minimum absolute atomic E-state index is 0.198. The molecule has 0 saturated carbocycles. The van der Waals surface area contributed by atoms with E-state index in [1.807, 2.05) is 36.4 Å². The van der Waals surface area contributed by atoms with Crippen LogP contribution in [0.4, 0.5) is 11.4 Å². The van der Waals surface area contributed by atoms with Gasteiger partial charge in [-0.3, -0.25) is 9.78 Å². The van der Waals surface area contributed by atoms with Gasteiger partial charge in [0, 0.05) is 17.8 Å². The number of carbonyl (C=O) groups is 1. The van der Waals surface area contributed by atoms with Crippen molar-refractivity contribution in [3.05, 3.63) is 83.1 Å². The molecule has 1 amide bonds. The third-order valence-corrected chi connectivity index (χ3v) is 4.00. The number of hydrogen-bond acceptors (Lipinski definition) is 4. The molecule has 0 unspecified atom stereocenters. The number of methoxy groups -OCH3 is 1. The SMILES string of the molecule is COc1ccccc1Nc1cncc(C(=O)NCc2ccc(Cl)cc2)c1. The van der Waals surface area contributed by atoms with Crippen molar-refractivity contribution in [2.24, 2.45) is 0 Å². The lowest BCUT2D eigenvalue weighted by molar-refractivity contribution is 0.0950. The number of amides is 1. The number of rotatable bonds is 6. The number of hydrogen-bond donors (Lipinski definition) is 2. The van der Waals surface area contributed by atoms with Crippen LogP contribution in [0.1, 0.15) is 15.9 Å². The summed E-state index contributed by atoms with van der Waals surface area (Å²) >= 11 is 5.86. The number of halogens is 1. The molecule has 3 aromatic rings. The summed E-state index contributed by atoms with van der Waals surface area (Å²) in [7, 11) is 1.61. The van der Waals surface area contributed by atoms with Gasteiger partial charge in [-0.05, 0) is 35.9 Å². The van der Waals surface area contributed by atoms with Crippen LogP contribution >= 0.6 is 11.6 Å². The van der Waals surface area contributed by atoms with Crippen molar-refractivity contribution < 1.29 is 9.53 Å². The van der Waals surface area contributed by atoms with Gasteiger partial charge in [0.25, 0.3) is 5.91 Å². The quantitative estimate of drug-likeness (QED) is 0.677. The first-order chi connectivity index (χ1) is 12.7. The lowest BCUT2D eigenvalue weighted by atomic mass is 10.2. The Labute approximate surface area is 157 Å². The van der Waals surface area contributed by atoms with Crippen molar-refractivity contribution >= 4 is 28.9 Å². The fourth-order valence-electron chi connectivity index (χ4n) is 2.42. The summed E-state index contributed by atoms with van der Waals surface area (Å²) in [4.78, 5) is 16.5. The first kappa shape index (κ1) is 17.8. The molecule has 0 radical (unpaired) electrons. The van der Waals surface area contributed by atoms with Crippen LogP contribution in [0.5, 0.6) is 5.75 Å². The van der Waals surface area contributed by atoms with Crippen LogP contribution in [-0.2, 0) is 6.54 Å². The van der Waals surface area contributed by atoms with Crippen molar-refractivity contribution in [1.82, 2.24) is 10.3 Å². The van der Waals surface area contributed by atoms with E-state index in [9.17, 15) is 4.79 Å². The van der Waals surface area contributed by atoms with Crippen LogP contribution in [0.25, 0.3) is 0 Å². The molecule has 1 aromatic heterocycles. The fraction of sp³-hybridized carbons (Fsp3) is 0.100. The van der Waals surface area contributed by atoms with Crippen LogP contribution in [0.2, 0.25) is 5.02 Å². The van der Waals surface area contributed by atoms with Gasteiger partial charge < -0.3 is 15.4 Å². The molecule has 6 heteroatoms. The zero-order valence-electron chi connectivity index (χ0n) is 14.2. The molecule has 26 heavy (non-hydrogen) atoms. The number of aromatic nitrogens is 1. The predicted octanol–water partition coefficient (Wildman–Crippen LogP) is 4.42. The van der Waals surface area contributed by atoms with Gasteiger partial charge in [-0.25, -0.2) is 0 Å². The Morgan fingerprint density at radius 1 is 1.12 bits per heavy atom. The van der Waals surface area contributed by atoms with Gasteiger partial charge in [-0.1, -0.05) is 35.9 Å². The molecule has 2 N–H and O–H groups in total. The standard InChI is InChI=1S/C20H18ClN3O2/c1-26-19-5-3-2-4-18(19)24-17-10-15(12-22-13-17)20(25)23-11-14-6-8-16(21)9-7-14/h2-10,12-13,24H,11H2,1H3,(H,23,25). The van der Waals surface area contributed by atoms with E-state index in [-0.39, 0.29) is 5.91 Å². The highest BCUT2D eigenvalue weighted by molar-refractivity contribution is 6.30. The molecule has 0 fully saturated rings. The van der Waals surface area contributed by atoms with Crippen LogP contribution in [0.15, 0.2) is 67.0 Å². The Morgan fingerprint density at radius 2 is 1.88 bits per heavy atom. The molecule has 2 aromatic carbocycles.